The largest absolute Gasteiger partial charge is 0.483 e. The minimum atomic E-state index is -0.917. The van der Waals surface area contributed by atoms with E-state index in [2.05, 4.69) is 14.8 Å². The summed E-state index contributed by atoms with van der Waals surface area (Å²) in [7, 11) is 0. The topological polar surface area (TPSA) is 152 Å². The molecule has 0 bridgehead atoms. The van der Waals surface area contributed by atoms with Crippen LogP contribution in [-0.4, -0.2) is 87.5 Å². The first-order valence-corrected chi connectivity index (χ1v) is 9.97. The van der Waals surface area contributed by atoms with Crippen molar-refractivity contribution >= 4 is 24.7 Å². The molecule has 0 unspecified atom stereocenters. The smallest absolute Gasteiger partial charge is 0.335 e. The van der Waals surface area contributed by atoms with Gasteiger partial charge in [0.15, 0.2) is 0 Å². The number of carbonyl (C=O) groups is 3. The summed E-state index contributed by atoms with van der Waals surface area (Å²) in [6.07, 6.45) is 5.72. The van der Waals surface area contributed by atoms with E-state index in [0.29, 0.717) is 17.9 Å². The van der Waals surface area contributed by atoms with Crippen LogP contribution in [0.1, 0.15) is 36.0 Å². The Morgan fingerprint density at radius 1 is 1.07 bits per heavy atom. The number of carboxylic acid groups (broad SMARTS) is 3. The molecule has 0 spiro atoms. The van der Waals surface area contributed by atoms with Crippen molar-refractivity contribution in [2.45, 2.75) is 37.8 Å². The third kappa shape index (κ3) is 5.90. The summed E-state index contributed by atoms with van der Waals surface area (Å²) in [4.78, 5) is 36.9. The number of aliphatic hydroxyl groups excluding tert-OH is 1. The molecule has 3 heterocycles. The summed E-state index contributed by atoms with van der Waals surface area (Å²) in [6, 6.07) is 3.49. The van der Waals surface area contributed by atoms with Gasteiger partial charge in [-0.2, -0.15) is 0 Å². The van der Waals surface area contributed by atoms with E-state index in [0.717, 1.165) is 44.8 Å². The zero-order valence-electron chi connectivity index (χ0n) is 16.7. The van der Waals surface area contributed by atoms with Crippen molar-refractivity contribution in [2.75, 3.05) is 31.1 Å². The van der Waals surface area contributed by atoms with E-state index in [1.54, 1.807) is 12.3 Å². The van der Waals surface area contributed by atoms with Crippen molar-refractivity contribution < 1.29 is 34.8 Å². The molecule has 2 saturated heterocycles. The third-order valence-corrected chi connectivity index (χ3v) is 6.04. The van der Waals surface area contributed by atoms with Gasteiger partial charge in [0, 0.05) is 25.3 Å². The van der Waals surface area contributed by atoms with Crippen molar-refractivity contribution in [1.29, 1.82) is 0 Å². The lowest BCUT2D eigenvalue weighted by molar-refractivity contribution is -0.123. The number of hydrogen-bond donors (Lipinski definition) is 4. The summed E-state index contributed by atoms with van der Waals surface area (Å²) in [5, 5.41) is 33.5. The van der Waals surface area contributed by atoms with Gasteiger partial charge in [-0.15, -0.1) is 0 Å². The van der Waals surface area contributed by atoms with Crippen molar-refractivity contribution in [3.63, 3.8) is 0 Å². The van der Waals surface area contributed by atoms with Gasteiger partial charge in [0.2, 0.25) is 0 Å². The van der Waals surface area contributed by atoms with Gasteiger partial charge in [0.1, 0.15) is 5.82 Å². The van der Waals surface area contributed by atoms with E-state index < -0.39 is 5.97 Å². The number of aliphatic hydroxyl groups is 1. The molecule has 3 fully saturated rings. The molecule has 0 radical (unpaired) electrons. The van der Waals surface area contributed by atoms with Crippen LogP contribution in [0.3, 0.4) is 0 Å². The number of nitrogens with zero attached hydrogens (tertiary/aromatic N) is 3. The number of hydrogen-bond acceptors (Lipinski definition) is 7. The van der Waals surface area contributed by atoms with Gasteiger partial charge in [-0.1, -0.05) is 0 Å². The maximum Gasteiger partial charge on any atom is 0.335 e. The van der Waals surface area contributed by atoms with Gasteiger partial charge in [-0.3, -0.25) is 14.5 Å². The van der Waals surface area contributed by atoms with Crippen LogP contribution in [0.4, 0.5) is 5.82 Å². The normalized spacial score (nSPS) is 27.7. The molecule has 1 aromatic rings. The lowest BCUT2D eigenvalue weighted by Crippen LogP contribution is -2.48. The first kappa shape index (κ1) is 23.6. The second-order valence-electron chi connectivity index (χ2n) is 7.69. The number of likely N-dealkylation sites (tertiary alicyclic amines) is 1. The second kappa shape index (κ2) is 11.5. The average molecular weight is 423 g/mol. The van der Waals surface area contributed by atoms with Crippen molar-refractivity contribution in [3.05, 3.63) is 23.9 Å². The van der Waals surface area contributed by atoms with Crippen LogP contribution < -0.4 is 4.90 Å². The molecule has 4 atom stereocenters. The van der Waals surface area contributed by atoms with Gasteiger partial charge in [0.05, 0.1) is 11.7 Å². The van der Waals surface area contributed by atoms with Gasteiger partial charge in [-0.05, 0) is 62.7 Å². The van der Waals surface area contributed by atoms with Crippen LogP contribution in [-0.2, 0) is 9.59 Å². The number of rotatable bonds is 3. The van der Waals surface area contributed by atoms with Gasteiger partial charge >= 0.3 is 5.97 Å². The maximum atomic E-state index is 11.2. The molecular formula is C20H29N3O7. The Morgan fingerprint density at radius 3 is 2.20 bits per heavy atom. The number of anilines is 1. The van der Waals surface area contributed by atoms with Crippen LogP contribution in [0.15, 0.2) is 18.3 Å². The monoisotopic (exact) mass is 423 g/mol. The van der Waals surface area contributed by atoms with Gasteiger partial charge < -0.3 is 25.3 Å². The molecule has 1 aliphatic carbocycles. The molecule has 166 valence electrons. The summed E-state index contributed by atoms with van der Waals surface area (Å²) in [5.74, 6) is 0.875. The Kier molecular flexibility index (Phi) is 9.00. The highest BCUT2D eigenvalue weighted by Gasteiger charge is 2.44. The fourth-order valence-corrected chi connectivity index (χ4v) is 4.78. The zero-order chi connectivity index (χ0) is 22.1. The number of fused-ring (bicyclic) bond motifs is 1. The van der Waals surface area contributed by atoms with E-state index in [1.165, 1.54) is 18.9 Å². The highest BCUT2D eigenvalue weighted by atomic mass is 16.4. The summed E-state index contributed by atoms with van der Waals surface area (Å²) in [5.41, 5.74) is 0.282. The quantitative estimate of drug-likeness (QED) is 0.515. The molecule has 0 amide bonds. The van der Waals surface area contributed by atoms with E-state index in [1.807, 2.05) is 0 Å². The lowest BCUT2D eigenvalue weighted by atomic mass is 9.77. The predicted octanol–water partition coefficient (Wildman–Crippen LogP) is 0.853. The number of carboxylic acids is 1. The molecule has 1 aromatic heterocycles. The minimum absolute atomic E-state index is 0.234. The summed E-state index contributed by atoms with van der Waals surface area (Å²) < 4.78 is 0. The Bertz CT molecular complexity index is 705. The van der Waals surface area contributed by atoms with E-state index >= 15 is 0 Å². The summed E-state index contributed by atoms with van der Waals surface area (Å²) in [6.45, 7) is 3.51. The van der Waals surface area contributed by atoms with E-state index in [9.17, 15) is 9.90 Å². The highest BCUT2D eigenvalue weighted by Crippen LogP contribution is 2.40. The third-order valence-electron chi connectivity index (χ3n) is 6.04. The SMILES string of the molecule is O=C(O)c1ccnc(N2C[C@H]3C[C@@H](N4CCCC4)[C@H](O)C[C@H]3C2)c1.O=CO.O=CO. The Balaban J connectivity index is 0.000000480. The van der Waals surface area contributed by atoms with Gasteiger partial charge in [-0.25, -0.2) is 9.78 Å². The number of pyridine rings is 1. The maximum absolute atomic E-state index is 11.2. The lowest BCUT2D eigenvalue weighted by Gasteiger charge is -2.40. The standard InChI is InChI=1S/C18H25N3O3.2CH2O2/c22-16-8-14-11-21(17-9-12(18(23)24)3-4-19-17)10-13(14)7-15(16)20-5-1-2-6-20;2*2-1-3/h3-4,9,13-16,22H,1-2,5-8,10-11H2,(H,23,24);2*1H,(H,2,3)/t13-,14+,15-,16-;;/m1../s1. The minimum Gasteiger partial charge on any atom is -0.483 e. The Hall–Kier alpha value is -2.72. The van der Waals surface area contributed by atoms with Crippen molar-refractivity contribution in [3.8, 4) is 0 Å². The number of aromatic carboxylic acids is 1. The molecule has 10 heteroatoms. The van der Waals surface area contributed by atoms with Gasteiger partial charge in [0.25, 0.3) is 12.9 Å². The molecule has 3 aliphatic rings. The first-order valence-electron chi connectivity index (χ1n) is 9.97. The molecule has 4 N–H and O–H groups in total. The fourth-order valence-electron chi connectivity index (χ4n) is 4.78. The molecule has 2 aliphatic heterocycles. The van der Waals surface area contributed by atoms with E-state index in [-0.39, 0.29) is 24.6 Å². The Morgan fingerprint density at radius 2 is 1.63 bits per heavy atom. The molecule has 1 saturated carbocycles. The van der Waals surface area contributed by atoms with Crippen LogP contribution >= 0.6 is 0 Å². The molecule has 10 nitrogen and oxygen atoms in total. The van der Waals surface area contributed by atoms with Crippen LogP contribution in [0.25, 0.3) is 0 Å². The van der Waals surface area contributed by atoms with Crippen molar-refractivity contribution in [1.82, 2.24) is 9.88 Å². The second-order valence-corrected chi connectivity index (χ2v) is 7.69. The van der Waals surface area contributed by atoms with Crippen molar-refractivity contribution in [2.24, 2.45) is 11.8 Å². The van der Waals surface area contributed by atoms with Crippen LogP contribution in [0.5, 0.6) is 0 Å². The van der Waals surface area contributed by atoms with Crippen LogP contribution in [0.2, 0.25) is 0 Å². The molecule has 4 rings (SSSR count). The first-order chi connectivity index (χ1) is 14.4. The highest BCUT2D eigenvalue weighted by molar-refractivity contribution is 5.88. The summed E-state index contributed by atoms with van der Waals surface area (Å²) >= 11 is 0. The molecular weight excluding hydrogens is 394 g/mol. The van der Waals surface area contributed by atoms with E-state index in [4.69, 9.17) is 24.9 Å². The molecule has 0 aromatic carbocycles. The Labute approximate surface area is 174 Å². The fraction of sp³-hybridized carbons (Fsp3) is 0.600. The number of aromatic nitrogens is 1. The molecule has 30 heavy (non-hydrogen) atoms. The van der Waals surface area contributed by atoms with Crippen LogP contribution in [0, 0.1) is 11.8 Å². The zero-order valence-corrected chi connectivity index (χ0v) is 16.7. The predicted molar refractivity (Wildman–Crippen MR) is 108 cm³/mol. The average Bonchev–Trinajstić information content (AvgIpc) is 3.38.